The summed E-state index contributed by atoms with van der Waals surface area (Å²) < 4.78 is 0. The second kappa shape index (κ2) is 6.75. The van der Waals surface area contributed by atoms with Gasteiger partial charge in [0.15, 0.2) is 0 Å². The van der Waals surface area contributed by atoms with E-state index in [1.165, 1.54) is 4.90 Å². The lowest BCUT2D eigenvalue weighted by atomic mass is 10.2. The standard InChI is InChI=1S/C16H13Cl2NOS2/c1-21-12-5-2-10(3-6-12)16-19(15(20)9-22-16)11-4-7-13(17)14(18)8-11/h2-8,16H,9H2,1H3/t16-/m0/s1. The van der Waals surface area contributed by atoms with Crippen molar-refractivity contribution in [1.29, 1.82) is 0 Å². The van der Waals surface area contributed by atoms with Gasteiger partial charge in [-0.1, -0.05) is 35.3 Å². The number of rotatable bonds is 3. The molecule has 0 bridgehead atoms. The van der Waals surface area contributed by atoms with Crippen LogP contribution >= 0.6 is 46.7 Å². The van der Waals surface area contributed by atoms with Gasteiger partial charge >= 0.3 is 0 Å². The molecular weight excluding hydrogens is 357 g/mol. The van der Waals surface area contributed by atoms with Gasteiger partial charge in [0.25, 0.3) is 0 Å². The molecule has 2 nitrogen and oxygen atoms in total. The summed E-state index contributed by atoms with van der Waals surface area (Å²) in [5.74, 6) is 0.553. The summed E-state index contributed by atoms with van der Waals surface area (Å²) in [6.07, 6.45) is 2.05. The first-order valence-corrected chi connectivity index (χ1v) is 9.66. The Morgan fingerprint density at radius 2 is 1.86 bits per heavy atom. The van der Waals surface area contributed by atoms with Gasteiger partial charge < -0.3 is 0 Å². The normalized spacial score (nSPS) is 18.0. The van der Waals surface area contributed by atoms with Crippen LogP contribution in [0.2, 0.25) is 10.0 Å². The average molecular weight is 370 g/mol. The maximum atomic E-state index is 12.3. The van der Waals surface area contributed by atoms with Crippen LogP contribution in [0.1, 0.15) is 10.9 Å². The van der Waals surface area contributed by atoms with Crippen LogP contribution in [0.4, 0.5) is 5.69 Å². The number of halogens is 2. The maximum Gasteiger partial charge on any atom is 0.238 e. The molecular formula is C16H13Cl2NOS2. The number of amides is 1. The van der Waals surface area contributed by atoms with E-state index >= 15 is 0 Å². The highest BCUT2D eigenvalue weighted by molar-refractivity contribution is 8.00. The van der Waals surface area contributed by atoms with E-state index in [1.807, 2.05) is 12.3 Å². The molecule has 0 saturated carbocycles. The van der Waals surface area contributed by atoms with E-state index in [2.05, 4.69) is 24.3 Å². The predicted molar refractivity (Wildman–Crippen MR) is 97.4 cm³/mol. The molecule has 1 heterocycles. The summed E-state index contributed by atoms with van der Waals surface area (Å²) in [6, 6.07) is 13.6. The molecule has 3 rings (SSSR count). The minimum atomic E-state index is -0.0272. The van der Waals surface area contributed by atoms with Crippen LogP contribution in [0.15, 0.2) is 47.4 Å². The zero-order chi connectivity index (χ0) is 15.7. The molecule has 0 unspecified atom stereocenters. The van der Waals surface area contributed by atoms with Gasteiger partial charge in [-0.15, -0.1) is 23.5 Å². The van der Waals surface area contributed by atoms with E-state index in [4.69, 9.17) is 23.2 Å². The summed E-state index contributed by atoms with van der Waals surface area (Å²) >= 11 is 15.4. The summed E-state index contributed by atoms with van der Waals surface area (Å²) in [4.78, 5) is 15.3. The Balaban J connectivity index is 1.96. The van der Waals surface area contributed by atoms with Gasteiger partial charge in [-0.3, -0.25) is 9.69 Å². The highest BCUT2D eigenvalue weighted by atomic mass is 35.5. The molecule has 0 radical (unpaired) electrons. The molecule has 0 N–H and O–H groups in total. The average Bonchev–Trinajstić information content (AvgIpc) is 2.92. The topological polar surface area (TPSA) is 20.3 Å². The zero-order valence-corrected chi connectivity index (χ0v) is 14.9. The van der Waals surface area contributed by atoms with Gasteiger partial charge in [-0.05, 0) is 42.2 Å². The van der Waals surface area contributed by atoms with Crippen LogP contribution in [0.3, 0.4) is 0 Å². The third-order valence-corrected chi connectivity index (χ3v) is 6.15. The first-order chi connectivity index (χ1) is 10.6. The number of nitrogens with zero attached hydrogens (tertiary/aromatic N) is 1. The monoisotopic (exact) mass is 369 g/mol. The highest BCUT2D eigenvalue weighted by Gasteiger charge is 2.34. The van der Waals surface area contributed by atoms with Crippen LogP contribution in [0, 0.1) is 0 Å². The third kappa shape index (κ3) is 3.11. The van der Waals surface area contributed by atoms with Crippen molar-refractivity contribution in [1.82, 2.24) is 0 Å². The van der Waals surface area contributed by atoms with Crippen LogP contribution in [-0.2, 0) is 4.79 Å². The number of hydrogen-bond donors (Lipinski definition) is 0. The number of carbonyl (C=O) groups is 1. The Kier molecular flexibility index (Phi) is 4.93. The molecule has 1 saturated heterocycles. The molecule has 0 aliphatic carbocycles. The summed E-state index contributed by atoms with van der Waals surface area (Å²) in [6.45, 7) is 0. The van der Waals surface area contributed by atoms with E-state index in [-0.39, 0.29) is 11.3 Å². The number of benzene rings is 2. The van der Waals surface area contributed by atoms with Crippen LogP contribution in [0.5, 0.6) is 0 Å². The Bertz CT molecular complexity index is 706. The van der Waals surface area contributed by atoms with E-state index < -0.39 is 0 Å². The van der Waals surface area contributed by atoms with E-state index in [0.29, 0.717) is 15.8 Å². The minimum Gasteiger partial charge on any atom is -0.295 e. The molecule has 0 aromatic heterocycles. The smallest absolute Gasteiger partial charge is 0.238 e. The van der Waals surface area contributed by atoms with Crippen LogP contribution in [-0.4, -0.2) is 17.9 Å². The van der Waals surface area contributed by atoms with E-state index in [1.54, 1.807) is 40.6 Å². The molecule has 22 heavy (non-hydrogen) atoms. The first-order valence-electron chi connectivity index (χ1n) is 6.63. The second-order valence-corrected chi connectivity index (χ2v) is 7.56. The lowest BCUT2D eigenvalue weighted by Crippen LogP contribution is -2.27. The third-order valence-electron chi connectivity index (χ3n) is 3.45. The Labute approximate surface area is 148 Å². The number of anilines is 1. The lowest BCUT2D eigenvalue weighted by Gasteiger charge is -2.24. The quantitative estimate of drug-likeness (QED) is 0.666. The molecule has 114 valence electrons. The second-order valence-electron chi connectivity index (χ2n) is 4.80. The van der Waals surface area contributed by atoms with Crippen LogP contribution < -0.4 is 4.90 Å². The van der Waals surface area contributed by atoms with Crippen molar-refractivity contribution in [3.63, 3.8) is 0 Å². The zero-order valence-electron chi connectivity index (χ0n) is 11.8. The molecule has 1 atom stereocenters. The highest BCUT2D eigenvalue weighted by Crippen LogP contribution is 2.43. The van der Waals surface area contributed by atoms with E-state index in [0.717, 1.165) is 11.3 Å². The fourth-order valence-corrected chi connectivity index (χ4v) is 4.23. The lowest BCUT2D eigenvalue weighted by molar-refractivity contribution is -0.115. The van der Waals surface area contributed by atoms with Crippen molar-refractivity contribution in [2.45, 2.75) is 10.3 Å². The van der Waals surface area contributed by atoms with Gasteiger partial charge in [0, 0.05) is 10.6 Å². The Hall–Kier alpha value is -0.810. The van der Waals surface area contributed by atoms with Gasteiger partial charge in [0.05, 0.1) is 15.8 Å². The van der Waals surface area contributed by atoms with Crippen molar-refractivity contribution < 1.29 is 4.79 Å². The molecule has 1 aliphatic rings. The van der Waals surface area contributed by atoms with Gasteiger partial charge in [-0.2, -0.15) is 0 Å². The fraction of sp³-hybridized carbons (Fsp3) is 0.188. The molecule has 1 fully saturated rings. The molecule has 2 aromatic carbocycles. The number of hydrogen-bond acceptors (Lipinski definition) is 3. The largest absolute Gasteiger partial charge is 0.295 e. The van der Waals surface area contributed by atoms with Crippen molar-refractivity contribution >= 4 is 58.3 Å². The minimum absolute atomic E-state index is 0.0272. The van der Waals surface area contributed by atoms with Crippen molar-refractivity contribution in [2.75, 3.05) is 16.9 Å². The van der Waals surface area contributed by atoms with Gasteiger partial charge in [0.1, 0.15) is 5.37 Å². The van der Waals surface area contributed by atoms with Crippen LogP contribution in [0.25, 0.3) is 0 Å². The fourth-order valence-electron chi connectivity index (χ4n) is 2.35. The Morgan fingerprint density at radius 1 is 1.14 bits per heavy atom. The van der Waals surface area contributed by atoms with Gasteiger partial charge in [0.2, 0.25) is 5.91 Å². The number of thioether (sulfide) groups is 2. The summed E-state index contributed by atoms with van der Waals surface area (Å²) in [5, 5.41) is 0.923. The van der Waals surface area contributed by atoms with Crippen molar-refractivity contribution in [3.05, 3.63) is 58.1 Å². The maximum absolute atomic E-state index is 12.3. The van der Waals surface area contributed by atoms with Crippen molar-refractivity contribution in [3.8, 4) is 0 Å². The predicted octanol–water partition coefficient (Wildman–Crippen LogP) is 5.49. The molecule has 1 amide bonds. The Morgan fingerprint density at radius 3 is 2.50 bits per heavy atom. The first kappa shape index (κ1) is 16.1. The molecule has 6 heteroatoms. The SMILES string of the molecule is CSc1ccc([C@@H]2SCC(=O)N2c2ccc(Cl)c(Cl)c2)cc1. The van der Waals surface area contributed by atoms with Crippen molar-refractivity contribution in [2.24, 2.45) is 0 Å². The molecule has 0 spiro atoms. The molecule has 1 aliphatic heterocycles. The molecule has 2 aromatic rings. The van der Waals surface area contributed by atoms with Gasteiger partial charge in [-0.25, -0.2) is 0 Å². The summed E-state index contributed by atoms with van der Waals surface area (Å²) in [7, 11) is 0. The number of carbonyl (C=O) groups excluding carboxylic acids is 1. The van der Waals surface area contributed by atoms with E-state index in [9.17, 15) is 4.79 Å². The summed E-state index contributed by atoms with van der Waals surface area (Å²) in [5.41, 5.74) is 1.89.